The van der Waals surface area contributed by atoms with Crippen molar-refractivity contribution < 1.29 is 29.3 Å². The van der Waals surface area contributed by atoms with E-state index in [2.05, 4.69) is 37.3 Å². The van der Waals surface area contributed by atoms with Crippen LogP contribution in [0.3, 0.4) is 0 Å². The summed E-state index contributed by atoms with van der Waals surface area (Å²) in [6.45, 7) is 1.82. The molecule has 1 spiro atoms. The Bertz CT molecular complexity index is 793. The molecule has 0 radical (unpaired) electrons. The molecule has 1 aromatic carbocycles. The fraction of sp³-hybridized carbons (Fsp3) is 0.471. The minimum atomic E-state index is -1.40. The third kappa shape index (κ3) is 4.67. The van der Waals surface area contributed by atoms with Crippen LogP contribution in [0.25, 0.3) is 0 Å². The van der Waals surface area contributed by atoms with Gasteiger partial charge in [-0.05, 0) is 31.2 Å². The topological polar surface area (TPSA) is 152 Å². The van der Waals surface area contributed by atoms with Crippen LogP contribution in [0.4, 0.5) is 10.5 Å². The Labute approximate surface area is 174 Å². The Morgan fingerprint density at radius 1 is 1.41 bits per heavy atom. The third-order valence-corrected chi connectivity index (χ3v) is 5.33. The molecular weight excluding hydrogens is 450 g/mol. The third-order valence-electron chi connectivity index (χ3n) is 4.80. The molecule has 4 atom stereocenters. The van der Waals surface area contributed by atoms with E-state index in [0.29, 0.717) is 5.69 Å². The second-order valence-electron chi connectivity index (χ2n) is 6.79. The van der Waals surface area contributed by atoms with E-state index < -0.39 is 42.1 Å². The van der Waals surface area contributed by atoms with Crippen LogP contribution in [0, 0.1) is 0 Å². The number of halogens is 1. The second-order valence-corrected chi connectivity index (χ2v) is 7.71. The lowest BCUT2D eigenvalue weighted by Gasteiger charge is -2.25. The van der Waals surface area contributed by atoms with Gasteiger partial charge in [-0.2, -0.15) is 10.4 Å². The van der Waals surface area contributed by atoms with Crippen molar-refractivity contribution in [3.05, 3.63) is 28.7 Å². The number of nitrogens with one attached hydrogen (secondary N) is 4. The van der Waals surface area contributed by atoms with Crippen LogP contribution in [-0.2, 0) is 14.3 Å². The van der Waals surface area contributed by atoms with Crippen molar-refractivity contribution in [2.24, 2.45) is 0 Å². The summed E-state index contributed by atoms with van der Waals surface area (Å²) in [7, 11) is 0. The summed E-state index contributed by atoms with van der Waals surface area (Å²) < 4.78 is 6.55. The molecule has 2 saturated heterocycles. The molecule has 0 aromatic heterocycles. The molecule has 3 amide bonds. The van der Waals surface area contributed by atoms with Crippen molar-refractivity contribution in [1.29, 1.82) is 0 Å². The Morgan fingerprint density at radius 2 is 2.10 bits per heavy atom. The van der Waals surface area contributed by atoms with Crippen LogP contribution in [0.15, 0.2) is 28.7 Å². The Hall–Kier alpha value is -2.25. The number of amides is 3. The highest BCUT2D eigenvalue weighted by atomic mass is 79.9. The van der Waals surface area contributed by atoms with Gasteiger partial charge in [0.25, 0.3) is 5.91 Å². The lowest BCUT2D eigenvalue weighted by molar-refractivity contribution is -0.137. The van der Waals surface area contributed by atoms with Crippen LogP contribution in [0.5, 0.6) is 0 Å². The van der Waals surface area contributed by atoms with Gasteiger partial charge in [0.15, 0.2) is 11.9 Å². The number of aliphatic carboxylic acids is 1. The average molecular weight is 472 g/mol. The van der Waals surface area contributed by atoms with E-state index in [1.165, 1.54) is 0 Å². The summed E-state index contributed by atoms with van der Waals surface area (Å²) in [6.07, 6.45) is -2.59. The molecule has 1 aromatic rings. The van der Waals surface area contributed by atoms with Gasteiger partial charge in [-0.1, -0.05) is 15.9 Å². The molecule has 0 aliphatic carbocycles. The number of anilines is 1. The highest BCUT2D eigenvalue weighted by Crippen LogP contribution is 2.34. The van der Waals surface area contributed by atoms with Gasteiger partial charge in [-0.3, -0.25) is 14.9 Å². The molecule has 3 rings (SSSR count). The lowest BCUT2D eigenvalue weighted by atomic mass is 9.91. The SMILES string of the molecule is CC1OC(NCCC(=O)O)CC12NC(=O)N(NC(O)Nc1ccc(Br)cc1)C2=O. The summed E-state index contributed by atoms with van der Waals surface area (Å²) in [5, 5.41) is 27.9. The van der Waals surface area contributed by atoms with Gasteiger partial charge in [-0.25, -0.2) is 4.79 Å². The van der Waals surface area contributed by atoms with E-state index >= 15 is 0 Å². The van der Waals surface area contributed by atoms with E-state index in [0.717, 1.165) is 9.48 Å². The monoisotopic (exact) mass is 471 g/mol. The number of urea groups is 1. The van der Waals surface area contributed by atoms with Gasteiger partial charge in [0.1, 0.15) is 6.23 Å². The molecular formula is C17H22BrN5O6. The van der Waals surface area contributed by atoms with Gasteiger partial charge in [0, 0.05) is 23.1 Å². The molecule has 2 aliphatic rings. The molecule has 29 heavy (non-hydrogen) atoms. The zero-order valence-electron chi connectivity index (χ0n) is 15.5. The first-order valence-corrected chi connectivity index (χ1v) is 9.74. The van der Waals surface area contributed by atoms with E-state index in [-0.39, 0.29) is 19.4 Å². The number of hydrogen-bond acceptors (Lipinski definition) is 8. The Balaban J connectivity index is 1.61. The molecule has 0 bridgehead atoms. The van der Waals surface area contributed by atoms with E-state index in [1.807, 2.05) is 0 Å². The Kier molecular flexibility index (Phi) is 6.39. The second kappa shape index (κ2) is 8.63. The quantitative estimate of drug-likeness (QED) is 0.229. The molecule has 2 heterocycles. The van der Waals surface area contributed by atoms with Crippen molar-refractivity contribution in [2.75, 3.05) is 11.9 Å². The van der Waals surface area contributed by atoms with Crippen LogP contribution in [-0.4, -0.2) is 63.9 Å². The number of carbonyl (C=O) groups excluding carboxylic acids is 2. The number of aliphatic hydroxyl groups excluding tert-OH is 1. The number of nitrogens with zero attached hydrogens (tertiary/aromatic N) is 1. The maximum Gasteiger partial charge on any atom is 0.340 e. The van der Waals surface area contributed by atoms with Gasteiger partial charge in [0.05, 0.1) is 12.5 Å². The summed E-state index contributed by atoms with van der Waals surface area (Å²) in [5.74, 6) is -1.54. The Morgan fingerprint density at radius 3 is 2.76 bits per heavy atom. The summed E-state index contributed by atoms with van der Waals surface area (Å²) in [4.78, 5) is 35.9. The molecule has 0 saturated carbocycles. The maximum atomic E-state index is 12.9. The number of ether oxygens (including phenoxy) is 1. The number of rotatable bonds is 8. The fourth-order valence-electron chi connectivity index (χ4n) is 3.31. The first-order chi connectivity index (χ1) is 13.7. The van der Waals surface area contributed by atoms with Crippen molar-refractivity contribution >= 4 is 39.5 Å². The lowest BCUT2D eigenvalue weighted by Crippen LogP contribution is -2.55. The molecule has 4 unspecified atom stereocenters. The van der Waals surface area contributed by atoms with E-state index in [4.69, 9.17) is 9.84 Å². The highest BCUT2D eigenvalue weighted by Gasteiger charge is 2.60. The number of carboxylic acid groups (broad SMARTS) is 1. The van der Waals surface area contributed by atoms with Crippen molar-refractivity contribution in [3.8, 4) is 0 Å². The number of aliphatic hydroxyl groups is 1. The summed E-state index contributed by atoms with van der Waals surface area (Å²) in [5.41, 5.74) is 1.71. The van der Waals surface area contributed by atoms with Crippen LogP contribution < -0.4 is 21.4 Å². The first-order valence-electron chi connectivity index (χ1n) is 8.95. The molecule has 2 fully saturated rings. The standard InChI is InChI=1S/C17H22BrN5O6/c1-9-17(8-12(29-9)19-7-6-13(24)25)14(26)23(16(28)21-17)22-15(27)20-11-4-2-10(18)3-5-11/h2-5,9,12,15,19-20,22,27H,6-8H2,1H3,(H,21,28)(H,24,25). The predicted molar refractivity (Wildman–Crippen MR) is 104 cm³/mol. The molecule has 158 valence electrons. The highest BCUT2D eigenvalue weighted by molar-refractivity contribution is 9.10. The van der Waals surface area contributed by atoms with Crippen LogP contribution in [0.1, 0.15) is 19.8 Å². The van der Waals surface area contributed by atoms with E-state index in [1.54, 1.807) is 31.2 Å². The van der Waals surface area contributed by atoms with Gasteiger partial charge < -0.3 is 25.6 Å². The first kappa shape index (κ1) is 21.5. The minimum absolute atomic E-state index is 0.0941. The van der Waals surface area contributed by atoms with Gasteiger partial charge in [-0.15, -0.1) is 0 Å². The number of carbonyl (C=O) groups is 3. The van der Waals surface area contributed by atoms with Crippen molar-refractivity contribution in [3.63, 3.8) is 0 Å². The predicted octanol–water partition coefficient (Wildman–Crippen LogP) is 0.131. The zero-order chi connectivity index (χ0) is 21.2. The smallest absolute Gasteiger partial charge is 0.340 e. The number of hydrazine groups is 1. The molecule has 6 N–H and O–H groups in total. The number of hydrogen-bond donors (Lipinski definition) is 6. The maximum absolute atomic E-state index is 12.9. The minimum Gasteiger partial charge on any atom is -0.481 e. The van der Waals surface area contributed by atoms with Crippen LogP contribution in [0.2, 0.25) is 0 Å². The number of benzene rings is 1. The largest absolute Gasteiger partial charge is 0.481 e. The molecule has 12 heteroatoms. The van der Waals surface area contributed by atoms with Gasteiger partial charge >= 0.3 is 12.0 Å². The van der Waals surface area contributed by atoms with E-state index in [9.17, 15) is 19.5 Å². The summed E-state index contributed by atoms with van der Waals surface area (Å²) in [6, 6.07) is 6.25. The van der Waals surface area contributed by atoms with Crippen LogP contribution >= 0.6 is 15.9 Å². The zero-order valence-corrected chi connectivity index (χ0v) is 17.1. The number of imide groups is 1. The fourth-order valence-corrected chi connectivity index (χ4v) is 3.58. The van der Waals surface area contributed by atoms with Gasteiger partial charge in [0.2, 0.25) is 0 Å². The average Bonchev–Trinajstić information content (AvgIpc) is 3.08. The molecule has 11 nitrogen and oxygen atoms in total. The normalized spacial score (nSPS) is 27.3. The summed E-state index contributed by atoms with van der Waals surface area (Å²) >= 11 is 3.31. The number of carboxylic acids is 1. The van der Waals surface area contributed by atoms with Crippen molar-refractivity contribution in [2.45, 2.75) is 44.0 Å². The molecule has 2 aliphatic heterocycles. The van der Waals surface area contributed by atoms with Crippen molar-refractivity contribution in [1.82, 2.24) is 21.1 Å².